The second kappa shape index (κ2) is 16.7. The summed E-state index contributed by atoms with van der Waals surface area (Å²) in [5.41, 5.74) is 20.5. The summed E-state index contributed by atoms with van der Waals surface area (Å²) >= 11 is 0. The zero-order chi connectivity index (χ0) is 53.9. The van der Waals surface area contributed by atoms with E-state index in [2.05, 4.69) is 284 Å². The molecule has 2 heterocycles. The maximum absolute atomic E-state index is 2.72. The van der Waals surface area contributed by atoms with Gasteiger partial charge in [0.1, 0.15) is 0 Å². The molecule has 390 valence electrons. The van der Waals surface area contributed by atoms with Crippen LogP contribution in [0.1, 0.15) is 127 Å². The van der Waals surface area contributed by atoms with Crippen LogP contribution in [0.5, 0.6) is 0 Å². The first kappa shape index (κ1) is 48.4. The van der Waals surface area contributed by atoms with Gasteiger partial charge in [-0.15, -0.1) is 0 Å². The van der Waals surface area contributed by atoms with Gasteiger partial charge in [-0.2, -0.15) is 0 Å². The van der Waals surface area contributed by atoms with E-state index >= 15 is 0 Å². The predicted octanol–water partition coefficient (Wildman–Crippen LogP) is 20.4. The average molecular weight is 1030 g/mol. The number of fused-ring (bicyclic) bond motifs is 14. The van der Waals surface area contributed by atoms with Crippen molar-refractivity contribution in [2.45, 2.75) is 121 Å². The molecule has 0 amide bonds. The molecule has 5 aliphatic rings. The molecular formula is C77H72N2. The Morgan fingerprint density at radius 3 is 1.23 bits per heavy atom. The highest BCUT2D eigenvalue weighted by molar-refractivity contribution is 6.20. The van der Waals surface area contributed by atoms with Gasteiger partial charge < -0.3 is 9.80 Å². The summed E-state index contributed by atoms with van der Waals surface area (Å²) in [6.45, 7) is 20.3. The maximum atomic E-state index is 2.72. The van der Waals surface area contributed by atoms with Crippen molar-refractivity contribution in [1.29, 1.82) is 0 Å². The van der Waals surface area contributed by atoms with Crippen LogP contribution in [-0.2, 0) is 16.2 Å². The Kier molecular flexibility index (Phi) is 10.2. The number of hydrogen-bond acceptors (Lipinski definition) is 2. The Morgan fingerprint density at radius 1 is 0.329 bits per heavy atom. The van der Waals surface area contributed by atoms with Crippen molar-refractivity contribution in [1.82, 2.24) is 0 Å². The zero-order valence-electron chi connectivity index (χ0n) is 47.4. The molecular weight excluding hydrogens is 953 g/mol. The molecule has 4 atom stereocenters. The van der Waals surface area contributed by atoms with E-state index in [0.29, 0.717) is 0 Å². The van der Waals surface area contributed by atoms with Crippen LogP contribution in [0.2, 0.25) is 0 Å². The Bertz CT molecular complexity index is 4060. The van der Waals surface area contributed by atoms with Crippen molar-refractivity contribution in [2.24, 2.45) is 10.8 Å². The van der Waals surface area contributed by atoms with Gasteiger partial charge in [-0.05, 0) is 199 Å². The lowest BCUT2D eigenvalue weighted by Gasteiger charge is -2.59. The van der Waals surface area contributed by atoms with E-state index in [0.717, 1.165) is 6.42 Å². The minimum atomic E-state index is -0.618. The van der Waals surface area contributed by atoms with Crippen molar-refractivity contribution in [2.75, 3.05) is 9.80 Å². The molecule has 79 heavy (non-hydrogen) atoms. The van der Waals surface area contributed by atoms with Gasteiger partial charge in [0.15, 0.2) is 0 Å². The van der Waals surface area contributed by atoms with Crippen molar-refractivity contribution in [3.8, 4) is 33.4 Å². The first-order chi connectivity index (χ1) is 38.2. The average Bonchev–Trinajstić information content (AvgIpc) is 1.89. The highest BCUT2D eigenvalue weighted by atomic mass is 15.3. The van der Waals surface area contributed by atoms with E-state index in [9.17, 15) is 0 Å². The van der Waals surface area contributed by atoms with Gasteiger partial charge >= 0.3 is 0 Å². The van der Waals surface area contributed by atoms with Crippen LogP contribution in [0.4, 0.5) is 22.7 Å². The van der Waals surface area contributed by atoms with Crippen LogP contribution in [0, 0.1) is 10.8 Å². The number of hydrogen-bond donors (Lipinski definition) is 0. The molecule has 0 N–H and O–H groups in total. The maximum Gasteiger partial charge on any atom is 0.0720 e. The van der Waals surface area contributed by atoms with Gasteiger partial charge in [-0.25, -0.2) is 0 Å². The monoisotopic (exact) mass is 1020 g/mol. The van der Waals surface area contributed by atoms with Gasteiger partial charge in [0.2, 0.25) is 0 Å². The number of nitrogens with zero attached hydrogens (tertiary/aromatic N) is 2. The fourth-order valence-corrected chi connectivity index (χ4v) is 17.8. The molecule has 0 spiro atoms. The molecule has 0 radical (unpaired) electrons. The first-order valence-electron chi connectivity index (χ1n) is 29.4. The van der Waals surface area contributed by atoms with Crippen LogP contribution >= 0.6 is 0 Å². The summed E-state index contributed by atoms with van der Waals surface area (Å²) in [7, 11) is 0. The van der Waals surface area contributed by atoms with Gasteiger partial charge in [-0.1, -0.05) is 212 Å². The van der Waals surface area contributed by atoms with E-state index < -0.39 is 5.41 Å². The van der Waals surface area contributed by atoms with Gasteiger partial charge in [0.25, 0.3) is 0 Å². The summed E-state index contributed by atoms with van der Waals surface area (Å²) in [6.07, 6.45) is 7.20. The van der Waals surface area contributed by atoms with Crippen molar-refractivity contribution in [3.63, 3.8) is 0 Å². The molecule has 0 bridgehead atoms. The minimum absolute atomic E-state index is 0.0381. The van der Waals surface area contributed by atoms with E-state index in [1.54, 1.807) is 0 Å². The lowest BCUT2D eigenvalue weighted by molar-refractivity contribution is 0.0484. The van der Waals surface area contributed by atoms with Gasteiger partial charge in [0.05, 0.1) is 16.5 Å². The second-order valence-electron chi connectivity index (χ2n) is 26.4. The third-order valence-corrected chi connectivity index (χ3v) is 22.5. The SMILES string of the molecule is CC1(C)CCCC2(C)c3cc(-c4ccc5c(c4)C(c4ccccc4)(c4ccccc4)c4c-5c5ccccc5c5cc(-c6ccc7c(c6)C6(C)CCCC(C)(C)C6(C)N7c6ccccc6)ccc45)ccc3N(c3ccccc3)C12C. The fraction of sp³-hybridized carbons (Fsp3) is 0.273. The molecule has 10 aromatic carbocycles. The van der Waals surface area contributed by atoms with Crippen molar-refractivity contribution < 1.29 is 0 Å². The Labute approximate surface area is 468 Å². The number of para-hydroxylation sites is 2. The Hall–Kier alpha value is -7.68. The van der Waals surface area contributed by atoms with Crippen molar-refractivity contribution >= 4 is 44.3 Å². The normalized spacial score (nSPS) is 24.6. The van der Waals surface area contributed by atoms with Crippen LogP contribution in [0.3, 0.4) is 0 Å². The summed E-state index contributed by atoms with van der Waals surface area (Å²) in [6, 6.07) is 84.4. The molecule has 0 saturated heterocycles. The highest BCUT2D eigenvalue weighted by Gasteiger charge is 2.66. The Morgan fingerprint density at radius 2 is 0.734 bits per heavy atom. The van der Waals surface area contributed by atoms with Crippen molar-refractivity contribution in [3.05, 3.63) is 252 Å². The molecule has 2 fully saturated rings. The molecule has 4 unspecified atom stereocenters. The molecule has 2 aliphatic heterocycles. The minimum Gasteiger partial charge on any atom is -0.334 e. The van der Waals surface area contributed by atoms with Gasteiger partial charge in [-0.3, -0.25) is 0 Å². The molecule has 2 saturated carbocycles. The largest absolute Gasteiger partial charge is 0.334 e. The topological polar surface area (TPSA) is 6.48 Å². The molecule has 10 aromatic rings. The zero-order valence-corrected chi connectivity index (χ0v) is 47.4. The standard InChI is InChI=1S/C77H72N2/c1-71(2)43-23-45-73(5)65-49-53(37-41-67(65)78(75(71,73)7)57-29-17-11-18-30-57)51-35-39-61-63(47-51)59-33-21-22-34-60(59)69-62-40-36-52(48-64(62)77(70(61)69,55-25-13-9-14-26-55)56-27-15-10-16-28-56)54-38-42-68-66(50-54)74(6)46-24-44-72(3,4)76(74,8)79(68)58-31-19-12-20-32-58/h9-22,25-42,47-50H,23-24,43-46H2,1-8H3. The molecule has 0 aromatic heterocycles. The van der Waals surface area contributed by atoms with E-state index in [-0.39, 0.29) is 32.7 Å². The smallest absolute Gasteiger partial charge is 0.0720 e. The molecule has 15 rings (SSSR count). The second-order valence-corrected chi connectivity index (χ2v) is 26.4. The third kappa shape index (κ3) is 6.13. The lowest BCUT2D eigenvalue weighted by atomic mass is 9.51. The number of benzene rings is 10. The Balaban J connectivity index is 0.947. The fourth-order valence-electron chi connectivity index (χ4n) is 17.8. The lowest BCUT2D eigenvalue weighted by Crippen LogP contribution is -2.64. The third-order valence-electron chi connectivity index (χ3n) is 22.5. The number of rotatable bonds is 6. The number of anilines is 4. The quantitative estimate of drug-likeness (QED) is 0.153. The van der Waals surface area contributed by atoms with Crippen LogP contribution in [-0.4, -0.2) is 11.1 Å². The molecule has 3 aliphatic carbocycles. The summed E-state index contributed by atoms with van der Waals surface area (Å²) < 4.78 is 0. The summed E-state index contributed by atoms with van der Waals surface area (Å²) in [5, 5.41) is 5.20. The molecule has 2 nitrogen and oxygen atoms in total. The molecule has 2 heteroatoms. The van der Waals surface area contributed by atoms with E-state index in [1.807, 2.05) is 0 Å². The predicted molar refractivity (Wildman–Crippen MR) is 334 cm³/mol. The van der Waals surface area contributed by atoms with Crippen LogP contribution < -0.4 is 9.80 Å². The summed E-state index contributed by atoms with van der Waals surface area (Å²) in [4.78, 5) is 5.44. The first-order valence-corrected chi connectivity index (χ1v) is 29.4. The van der Waals surface area contributed by atoms with E-state index in [1.165, 1.54) is 143 Å². The van der Waals surface area contributed by atoms with Crippen LogP contribution in [0.15, 0.2) is 218 Å². The highest BCUT2D eigenvalue weighted by Crippen LogP contribution is 2.69. The van der Waals surface area contributed by atoms with Gasteiger partial charge in [0, 0.05) is 33.6 Å². The van der Waals surface area contributed by atoms with Crippen LogP contribution in [0.25, 0.3) is 54.9 Å². The summed E-state index contributed by atoms with van der Waals surface area (Å²) in [5.74, 6) is 0. The van der Waals surface area contributed by atoms with E-state index in [4.69, 9.17) is 0 Å².